The number of furan rings is 1. The van der Waals surface area contributed by atoms with E-state index in [1.807, 2.05) is 0 Å². The molecule has 21 heavy (non-hydrogen) atoms. The average molecular weight is 319 g/mol. The van der Waals surface area contributed by atoms with E-state index in [9.17, 15) is 22.8 Å². The molecule has 1 aromatic rings. The maximum absolute atomic E-state index is 11.4. The van der Waals surface area contributed by atoms with Gasteiger partial charge in [0.1, 0.15) is 5.76 Å². The van der Waals surface area contributed by atoms with Crippen molar-refractivity contribution < 1.29 is 36.5 Å². The van der Waals surface area contributed by atoms with Gasteiger partial charge in [0.05, 0.1) is 19.2 Å². The Morgan fingerprint density at radius 3 is 2.48 bits per heavy atom. The fraction of sp³-hybridized carbons (Fsp3) is 0.364. The van der Waals surface area contributed by atoms with Crippen LogP contribution in [0.5, 0.6) is 0 Å². The van der Waals surface area contributed by atoms with E-state index in [1.54, 1.807) is 0 Å². The zero-order valence-electron chi connectivity index (χ0n) is 11.0. The van der Waals surface area contributed by atoms with Gasteiger partial charge in [-0.2, -0.15) is 8.42 Å². The van der Waals surface area contributed by atoms with Gasteiger partial charge in [0.25, 0.3) is 0 Å². The van der Waals surface area contributed by atoms with Crippen molar-refractivity contribution in [2.75, 3.05) is 6.26 Å². The first-order valence-electron chi connectivity index (χ1n) is 5.68. The standard InChI is InChI=1S/C11H13NO8S/c1-21(17,18)20-10(14)5-4-9(13)12-6-7-2-3-8(19-7)11(15)16/h2-3H,4-6H2,1H3,(H,12,13)(H,15,16). The van der Waals surface area contributed by atoms with Gasteiger partial charge >= 0.3 is 22.1 Å². The number of carbonyl (C=O) groups is 3. The van der Waals surface area contributed by atoms with E-state index in [0.29, 0.717) is 0 Å². The third-order valence-corrected chi connectivity index (χ3v) is 2.62. The molecule has 1 aromatic heterocycles. The van der Waals surface area contributed by atoms with Gasteiger partial charge < -0.3 is 19.0 Å². The lowest BCUT2D eigenvalue weighted by molar-refractivity contribution is -0.136. The predicted octanol–water partition coefficient (Wildman–Crippen LogP) is -0.123. The fourth-order valence-corrected chi connectivity index (χ4v) is 1.71. The molecule has 116 valence electrons. The van der Waals surface area contributed by atoms with Crippen LogP contribution in [0.2, 0.25) is 0 Å². The maximum atomic E-state index is 11.4. The SMILES string of the molecule is CS(=O)(=O)OC(=O)CCC(=O)NCc1ccc(C(=O)O)o1. The third-order valence-electron chi connectivity index (χ3n) is 2.13. The van der Waals surface area contributed by atoms with Crippen molar-refractivity contribution in [3.8, 4) is 0 Å². The summed E-state index contributed by atoms with van der Waals surface area (Å²) in [5.74, 6) is -2.81. The van der Waals surface area contributed by atoms with Gasteiger partial charge in [-0.25, -0.2) is 4.79 Å². The van der Waals surface area contributed by atoms with Crippen LogP contribution in [0.3, 0.4) is 0 Å². The summed E-state index contributed by atoms with van der Waals surface area (Å²) < 4.78 is 30.3. The Hall–Kier alpha value is -2.36. The minimum Gasteiger partial charge on any atom is -0.475 e. The number of aromatic carboxylic acids is 1. The summed E-state index contributed by atoms with van der Waals surface area (Å²) in [6, 6.07) is 2.63. The van der Waals surface area contributed by atoms with Crippen LogP contribution in [0.15, 0.2) is 16.5 Å². The molecule has 1 amide bonds. The van der Waals surface area contributed by atoms with Crippen molar-refractivity contribution in [2.24, 2.45) is 0 Å². The Morgan fingerprint density at radius 1 is 1.29 bits per heavy atom. The summed E-state index contributed by atoms with van der Waals surface area (Å²) in [4.78, 5) is 33.0. The second kappa shape index (κ2) is 6.88. The zero-order chi connectivity index (χ0) is 16.0. The van der Waals surface area contributed by atoms with Crippen LogP contribution in [0, 0.1) is 0 Å². The Morgan fingerprint density at radius 2 is 1.95 bits per heavy atom. The van der Waals surface area contributed by atoms with Gasteiger partial charge in [-0.1, -0.05) is 0 Å². The molecule has 0 aliphatic rings. The van der Waals surface area contributed by atoms with Gasteiger partial charge in [-0.15, -0.1) is 0 Å². The lowest BCUT2D eigenvalue weighted by atomic mass is 10.3. The van der Waals surface area contributed by atoms with Crippen LogP contribution in [0.4, 0.5) is 0 Å². The highest BCUT2D eigenvalue weighted by Gasteiger charge is 2.14. The lowest BCUT2D eigenvalue weighted by Gasteiger charge is -2.03. The van der Waals surface area contributed by atoms with Crippen LogP contribution in [0.1, 0.15) is 29.2 Å². The van der Waals surface area contributed by atoms with Gasteiger partial charge in [-0.3, -0.25) is 9.59 Å². The topological polar surface area (TPSA) is 140 Å². The molecule has 0 unspecified atom stereocenters. The summed E-state index contributed by atoms with van der Waals surface area (Å²) in [7, 11) is -3.88. The summed E-state index contributed by atoms with van der Waals surface area (Å²) in [5.41, 5.74) is 0. The predicted molar refractivity (Wildman–Crippen MR) is 67.7 cm³/mol. The smallest absolute Gasteiger partial charge is 0.371 e. The van der Waals surface area contributed by atoms with E-state index in [4.69, 9.17) is 9.52 Å². The second-order valence-corrected chi connectivity index (χ2v) is 5.58. The summed E-state index contributed by atoms with van der Waals surface area (Å²) in [5, 5.41) is 11.0. The van der Waals surface area contributed by atoms with Crippen LogP contribution < -0.4 is 5.32 Å². The van der Waals surface area contributed by atoms with Crippen LogP contribution in [0.25, 0.3) is 0 Å². The first-order chi connectivity index (χ1) is 9.67. The number of carboxylic acid groups (broad SMARTS) is 1. The van der Waals surface area contributed by atoms with E-state index in [2.05, 4.69) is 9.50 Å². The van der Waals surface area contributed by atoms with Crippen LogP contribution in [-0.4, -0.2) is 37.6 Å². The quantitative estimate of drug-likeness (QED) is 0.663. The highest BCUT2D eigenvalue weighted by Crippen LogP contribution is 2.07. The van der Waals surface area contributed by atoms with Gasteiger partial charge in [0.2, 0.25) is 11.7 Å². The summed E-state index contributed by atoms with van der Waals surface area (Å²) >= 11 is 0. The van der Waals surface area contributed by atoms with E-state index >= 15 is 0 Å². The molecule has 0 bridgehead atoms. The summed E-state index contributed by atoms with van der Waals surface area (Å²) in [6.07, 6.45) is 0.0696. The average Bonchev–Trinajstić information content (AvgIpc) is 2.80. The molecule has 10 heteroatoms. The maximum Gasteiger partial charge on any atom is 0.371 e. The molecule has 9 nitrogen and oxygen atoms in total. The Balaban J connectivity index is 2.34. The second-order valence-electron chi connectivity index (χ2n) is 4.01. The number of amides is 1. The monoisotopic (exact) mass is 319 g/mol. The Kier molecular flexibility index (Phi) is 5.47. The molecule has 2 N–H and O–H groups in total. The molecule has 1 rings (SSSR count). The molecule has 0 saturated heterocycles. The highest BCUT2D eigenvalue weighted by atomic mass is 32.2. The van der Waals surface area contributed by atoms with E-state index in [0.717, 1.165) is 6.26 Å². The molecular weight excluding hydrogens is 306 g/mol. The minimum absolute atomic E-state index is 0.0484. The largest absolute Gasteiger partial charge is 0.475 e. The van der Waals surface area contributed by atoms with E-state index in [1.165, 1.54) is 12.1 Å². The van der Waals surface area contributed by atoms with Crippen molar-refractivity contribution in [3.05, 3.63) is 23.7 Å². The molecular formula is C11H13NO8S. The summed E-state index contributed by atoms with van der Waals surface area (Å²) in [6.45, 7) is -0.0484. The molecule has 1 heterocycles. The molecule has 0 aliphatic heterocycles. The van der Waals surface area contributed by atoms with Gasteiger partial charge in [-0.05, 0) is 12.1 Å². The van der Waals surface area contributed by atoms with Crippen LogP contribution >= 0.6 is 0 Å². The first-order valence-corrected chi connectivity index (χ1v) is 7.50. The third kappa shape index (κ3) is 6.56. The molecule has 0 spiro atoms. The number of carbonyl (C=O) groups excluding carboxylic acids is 2. The van der Waals surface area contributed by atoms with Crippen LogP contribution in [-0.2, 0) is 30.4 Å². The minimum atomic E-state index is -3.88. The number of nitrogens with one attached hydrogen (secondary N) is 1. The molecule has 0 aliphatic carbocycles. The Labute approximate surface area is 120 Å². The van der Waals surface area contributed by atoms with Crippen molar-refractivity contribution in [3.63, 3.8) is 0 Å². The molecule has 0 saturated carbocycles. The van der Waals surface area contributed by atoms with Crippen molar-refractivity contribution in [2.45, 2.75) is 19.4 Å². The van der Waals surface area contributed by atoms with E-state index in [-0.39, 0.29) is 24.5 Å². The number of hydrogen-bond acceptors (Lipinski definition) is 7. The van der Waals surface area contributed by atoms with Gasteiger partial charge in [0, 0.05) is 6.42 Å². The number of hydrogen-bond donors (Lipinski definition) is 2. The van der Waals surface area contributed by atoms with Crippen molar-refractivity contribution >= 4 is 28.0 Å². The highest BCUT2D eigenvalue weighted by molar-refractivity contribution is 7.86. The number of carboxylic acids is 1. The Bertz CT molecular complexity index is 645. The lowest BCUT2D eigenvalue weighted by Crippen LogP contribution is -2.23. The molecule has 0 aromatic carbocycles. The molecule has 0 radical (unpaired) electrons. The molecule has 0 fully saturated rings. The normalized spacial score (nSPS) is 10.9. The fourth-order valence-electron chi connectivity index (χ4n) is 1.29. The van der Waals surface area contributed by atoms with Crippen molar-refractivity contribution in [1.82, 2.24) is 5.32 Å². The first kappa shape index (κ1) is 16.7. The molecule has 0 atom stereocenters. The zero-order valence-corrected chi connectivity index (χ0v) is 11.8. The van der Waals surface area contributed by atoms with Crippen molar-refractivity contribution in [1.29, 1.82) is 0 Å². The van der Waals surface area contributed by atoms with Gasteiger partial charge in [0.15, 0.2) is 0 Å². The number of rotatable bonds is 7. The van der Waals surface area contributed by atoms with E-state index < -0.39 is 34.4 Å².